The number of aromatic nitrogens is 2. The molecule has 5 rings (SSSR count). The predicted molar refractivity (Wildman–Crippen MR) is 132 cm³/mol. The van der Waals surface area contributed by atoms with Gasteiger partial charge in [-0.2, -0.15) is 0 Å². The van der Waals surface area contributed by atoms with Crippen molar-refractivity contribution in [1.82, 2.24) is 14.9 Å². The first-order chi connectivity index (χ1) is 15.7. The van der Waals surface area contributed by atoms with Gasteiger partial charge < -0.3 is 19.5 Å². The maximum atomic E-state index is 6.48. The number of benzene rings is 1. The molecule has 2 aromatic heterocycles. The summed E-state index contributed by atoms with van der Waals surface area (Å²) in [6, 6.07) is 14.5. The van der Waals surface area contributed by atoms with Crippen LogP contribution in [0.5, 0.6) is 5.75 Å². The Morgan fingerprint density at radius 1 is 1.12 bits per heavy atom. The van der Waals surface area contributed by atoms with E-state index < -0.39 is 0 Å². The lowest BCUT2D eigenvalue weighted by atomic mass is 9.95. The lowest BCUT2D eigenvalue weighted by Crippen LogP contribution is -2.29. The largest absolute Gasteiger partial charge is 0.495 e. The van der Waals surface area contributed by atoms with Crippen LogP contribution in [0.4, 0.5) is 5.69 Å². The van der Waals surface area contributed by atoms with E-state index in [1.54, 1.807) is 7.11 Å². The van der Waals surface area contributed by atoms with Gasteiger partial charge in [0.1, 0.15) is 5.75 Å². The summed E-state index contributed by atoms with van der Waals surface area (Å²) in [5.41, 5.74) is 3.11. The van der Waals surface area contributed by atoms with E-state index in [-0.39, 0.29) is 12.1 Å². The molecule has 2 fully saturated rings. The Hall–Kier alpha value is -2.57. The van der Waals surface area contributed by atoms with Crippen LogP contribution < -0.4 is 15.0 Å². The van der Waals surface area contributed by atoms with Crippen molar-refractivity contribution in [3.63, 3.8) is 0 Å². The van der Waals surface area contributed by atoms with Crippen LogP contribution >= 0.6 is 23.8 Å². The van der Waals surface area contributed by atoms with Crippen LogP contribution in [0.15, 0.2) is 61.1 Å². The van der Waals surface area contributed by atoms with Gasteiger partial charge in [-0.05, 0) is 67.0 Å². The van der Waals surface area contributed by atoms with E-state index in [1.165, 1.54) is 37.7 Å². The van der Waals surface area contributed by atoms with Crippen molar-refractivity contribution in [1.29, 1.82) is 0 Å². The van der Waals surface area contributed by atoms with E-state index in [1.807, 2.05) is 36.5 Å². The highest BCUT2D eigenvalue weighted by atomic mass is 35.5. The fourth-order valence-corrected chi connectivity index (χ4v) is 5.59. The van der Waals surface area contributed by atoms with Crippen LogP contribution in [0.25, 0.3) is 0 Å². The molecule has 3 aromatic rings. The predicted octanol–water partition coefficient (Wildman–Crippen LogP) is 6.23. The smallest absolute Gasteiger partial charge is 0.174 e. The third kappa shape index (κ3) is 3.97. The third-order valence-electron chi connectivity index (χ3n) is 6.59. The van der Waals surface area contributed by atoms with Gasteiger partial charge in [0, 0.05) is 30.3 Å². The Morgan fingerprint density at radius 3 is 2.69 bits per heavy atom. The Kier molecular flexibility index (Phi) is 6.07. The second-order valence-electron chi connectivity index (χ2n) is 8.50. The van der Waals surface area contributed by atoms with Crippen LogP contribution in [0.2, 0.25) is 5.02 Å². The van der Waals surface area contributed by atoms with Crippen LogP contribution in [0.3, 0.4) is 0 Å². The number of nitrogens with one attached hydrogen (secondary N) is 1. The fourth-order valence-electron chi connectivity index (χ4n) is 4.99. The number of ether oxygens (including phenoxy) is 1. The van der Waals surface area contributed by atoms with Crippen molar-refractivity contribution in [2.24, 2.45) is 0 Å². The molecule has 0 bridgehead atoms. The highest BCUT2D eigenvalue weighted by Gasteiger charge is 2.41. The lowest BCUT2D eigenvalue weighted by Gasteiger charge is -2.28. The van der Waals surface area contributed by atoms with Gasteiger partial charge in [0.15, 0.2) is 5.11 Å². The Morgan fingerprint density at radius 2 is 1.97 bits per heavy atom. The van der Waals surface area contributed by atoms with Gasteiger partial charge in [0.25, 0.3) is 0 Å². The maximum Gasteiger partial charge on any atom is 0.174 e. The van der Waals surface area contributed by atoms with Crippen LogP contribution in [-0.4, -0.2) is 21.8 Å². The van der Waals surface area contributed by atoms with Crippen molar-refractivity contribution in [3.05, 3.63) is 77.3 Å². The molecule has 0 amide bonds. The van der Waals surface area contributed by atoms with Gasteiger partial charge in [-0.3, -0.25) is 4.98 Å². The molecule has 5 nitrogen and oxygen atoms in total. The van der Waals surface area contributed by atoms with E-state index in [0.717, 1.165) is 11.4 Å². The first-order valence-electron chi connectivity index (χ1n) is 11.2. The molecule has 2 aliphatic rings. The molecule has 0 radical (unpaired) electrons. The van der Waals surface area contributed by atoms with Crippen molar-refractivity contribution in [2.75, 3.05) is 12.0 Å². The average Bonchev–Trinajstić information content (AvgIpc) is 3.45. The SMILES string of the molecule is COc1ccc(N2C(=S)N[C@H](c3ccccn3)[C@@H]2c2ccn(C3CCCCC3)c2)cc1Cl. The number of methoxy groups -OCH3 is 1. The minimum absolute atomic E-state index is 0.0355. The first-order valence-corrected chi connectivity index (χ1v) is 12.0. The van der Waals surface area contributed by atoms with E-state index in [9.17, 15) is 0 Å². The number of hydrogen-bond acceptors (Lipinski definition) is 3. The van der Waals surface area contributed by atoms with Gasteiger partial charge in [0.2, 0.25) is 0 Å². The van der Waals surface area contributed by atoms with E-state index in [0.29, 0.717) is 21.9 Å². The molecule has 1 aromatic carbocycles. The van der Waals surface area contributed by atoms with Crippen LogP contribution in [0.1, 0.15) is 61.5 Å². The molecule has 32 heavy (non-hydrogen) atoms. The highest BCUT2D eigenvalue weighted by molar-refractivity contribution is 7.80. The molecule has 166 valence electrons. The lowest BCUT2D eigenvalue weighted by molar-refractivity contribution is 0.353. The normalized spacial score (nSPS) is 21.6. The molecule has 3 heterocycles. The highest BCUT2D eigenvalue weighted by Crippen LogP contribution is 2.43. The summed E-state index contributed by atoms with van der Waals surface area (Å²) in [4.78, 5) is 6.79. The van der Waals surface area contributed by atoms with Crippen molar-refractivity contribution in [2.45, 2.75) is 50.2 Å². The topological polar surface area (TPSA) is 42.3 Å². The van der Waals surface area contributed by atoms with Gasteiger partial charge in [-0.1, -0.05) is 36.9 Å². The van der Waals surface area contributed by atoms with Crippen molar-refractivity contribution in [3.8, 4) is 5.75 Å². The number of pyridine rings is 1. The molecule has 1 saturated carbocycles. The number of halogens is 1. The minimum Gasteiger partial charge on any atom is -0.495 e. The van der Waals surface area contributed by atoms with Gasteiger partial charge >= 0.3 is 0 Å². The maximum absolute atomic E-state index is 6.48. The van der Waals surface area contributed by atoms with Crippen molar-refractivity contribution >= 4 is 34.6 Å². The molecule has 7 heteroatoms. The standard InChI is InChI=1S/C25H27ClN4OS/c1-31-22-11-10-19(15-20(22)26)30-24(23(28-25(30)32)21-9-5-6-13-27-21)17-12-14-29(16-17)18-7-3-2-4-8-18/h5-6,9-16,18,23-24H,2-4,7-8H2,1H3,(H,28,32)/t23-,24+/m1/s1. The van der Waals surface area contributed by atoms with Crippen LogP contribution in [0, 0.1) is 0 Å². The minimum atomic E-state index is -0.0632. The molecule has 0 unspecified atom stereocenters. The fraction of sp³-hybridized carbons (Fsp3) is 0.360. The van der Waals surface area contributed by atoms with Crippen molar-refractivity contribution < 1.29 is 4.74 Å². The quantitative estimate of drug-likeness (QED) is 0.451. The Balaban J connectivity index is 1.55. The van der Waals surface area contributed by atoms with E-state index in [2.05, 4.69) is 44.3 Å². The molecule has 1 aliphatic heterocycles. The number of rotatable bonds is 5. The summed E-state index contributed by atoms with van der Waals surface area (Å²) in [6.45, 7) is 0. The number of thiocarbonyl (C=S) groups is 1. The monoisotopic (exact) mass is 466 g/mol. The molecule has 0 spiro atoms. The summed E-state index contributed by atoms with van der Waals surface area (Å²) in [6.07, 6.45) is 12.8. The summed E-state index contributed by atoms with van der Waals surface area (Å²) in [7, 11) is 1.62. The molecule has 1 N–H and O–H groups in total. The second-order valence-corrected chi connectivity index (χ2v) is 9.29. The molecule has 2 atom stereocenters. The zero-order chi connectivity index (χ0) is 22.1. The van der Waals surface area contributed by atoms with Gasteiger partial charge in [-0.15, -0.1) is 0 Å². The average molecular weight is 467 g/mol. The van der Waals surface area contributed by atoms with E-state index >= 15 is 0 Å². The first kappa shape index (κ1) is 21.3. The summed E-state index contributed by atoms with van der Waals surface area (Å²) >= 11 is 12.3. The van der Waals surface area contributed by atoms with Crippen LogP contribution in [-0.2, 0) is 0 Å². The molecule has 1 aliphatic carbocycles. The number of nitrogens with zero attached hydrogens (tertiary/aromatic N) is 3. The number of anilines is 1. The second kappa shape index (κ2) is 9.12. The van der Waals surface area contributed by atoms with E-state index in [4.69, 9.17) is 28.6 Å². The molecular formula is C25H27ClN4OS. The molecule has 1 saturated heterocycles. The molecular weight excluding hydrogens is 440 g/mol. The summed E-state index contributed by atoms with van der Waals surface area (Å²) < 4.78 is 7.74. The number of hydrogen-bond donors (Lipinski definition) is 1. The van der Waals surface area contributed by atoms with Gasteiger partial charge in [0.05, 0.1) is 29.9 Å². The Labute approximate surface area is 199 Å². The Bertz CT molecular complexity index is 1100. The summed E-state index contributed by atoms with van der Waals surface area (Å²) in [5, 5.41) is 4.74. The van der Waals surface area contributed by atoms with Gasteiger partial charge in [-0.25, -0.2) is 0 Å². The third-order valence-corrected chi connectivity index (χ3v) is 7.20. The zero-order valence-corrected chi connectivity index (χ0v) is 19.6. The summed E-state index contributed by atoms with van der Waals surface area (Å²) in [5.74, 6) is 0.648. The zero-order valence-electron chi connectivity index (χ0n) is 18.1.